The lowest BCUT2D eigenvalue weighted by Crippen LogP contribution is -2.20. The first-order valence-corrected chi connectivity index (χ1v) is 9.75. The molecule has 0 atom stereocenters. The van der Waals surface area contributed by atoms with Gasteiger partial charge in [0, 0.05) is 11.4 Å². The Morgan fingerprint density at radius 3 is 2.74 bits per heavy atom. The Hall–Kier alpha value is -1.29. The summed E-state index contributed by atoms with van der Waals surface area (Å²) in [5.41, 5.74) is 2.16. The van der Waals surface area contributed by atoms with Gasteiger partial charge in [-0.15, -0.1) is 11.3 Å². The van der Waals surface area contributed by atoms with Crippen LogP contribution >= 0.6 is 11.3 Å². The van der Waals surface area contributed by atoms with Crippen LogP contribution in [0.1, 0.15) is 72.8 Å². The van der Waals surface area contributed by atoms with E-state index in [4.69, 9.17) is 0 Å². The first kappa shape index (κ1) is 16.6. The highest BCUT2D eigenvalue weighted by Gasteiger charge is 2.21. The second kappa shape index (κ2) is 7.52. The van der Waals surface area contributed by atoms with Gasteiger partial charge in [-0.05, 0) is 62.0 Å². The molecule has 23 heavy (non-hydrogen) atoms. The summed E-state index contributed by atoms with van der Waals surface area (Å²) in [4.78, 5) is 13.2. The average Bonchev–Trinajstić information content (AvgIpc) is 3.00. The highest BCUT2D eigenvalue weighted by molar-refractivity contribution is 7.15. The van der Waals surface area contributed by atoms with E-state index in [2.05, 4.69) is 24.4 Å². The summed E-state index contributed by atoms with van der Waals surface area (Å²) >= 11 is 1.43. The summed E-state index contributed by atoms with van der Waals surface area (Å²) in [6, 6.07) is 2.07. The average molecular weight is 333 g/mol. The normalized spacial score (nSPS) is 25.0. The fourth-order valence-electron chi connectivity index (χ4n) is 3.69. The van der Waals surface area contributed by atoms with Crippen LogP contribution in [-0.2, 0) is 0 Å². The molecule has 4 heteroatoms. The molecule has 3 nitrogen and oxygen atoms in total. The number of carboxylic acids is 1. The third kappa shape index (κ3) is 4.17. The number of aromatic carboxylic acids is 1. The topological polar surface area (TPSA) is 49.3 Å². The second-order valence-electron chi connectivity index (χ2n) is 7.14. The molecule has 1 saturated carbocycles. The van der Waals surface area contributed by atoms with Gasteiger partial charge in [0.05, 0.1) is 5.69 Å². The first-order chi connectivity index (χ1) is 11.1. The monoisotopic (exact) mass is 333 g/mol. The first-order valence-electron chi connectivity index (χ1n) is 8.94. The van der Waals surface area contributed by atoms with Crippen molar-refractivity contribution >= 4 is 28.6 Å². The van der Waals surface area contributed by atoms with Gasteiger partial charge in [0.2, 0.25) is 0 Å². The number of anilines is 1. The smallest absolute Gasteiger partial charge is 0.348 e. The molecule has 1 fully saturated rings. The number of allylic oxidation sites excluding steroid dienone is 2. The number of carbonyl (C=O) groups is 1. The second-order valence-corrected chi connectivity index (χ2v) is 8.19. The molecule has 1 aromatic rings. The van der Waals surface area contributed by atoms with E-state index >= 15 is 0 Å². The lowest BCUT2D eigenvalue weighted by Gasteiger charge is -2.26. The van der Waals surface area contributed by atoms with Crippen LogP contribution in [-0.4, -0.2) is 17.6 Å². The van der Waals surface area contributed by atoms with Crippen molar-refractivity contribution in [3.05, 3.63) is 21.9 Å². The van der Waals surface area contributed by atoms with Gasteiger partial charge in [-0.1, -0.05) is 25.8 Å². The highest BCUT2D eigenvalue weighted by atomic mass is 32.1. The van der Waals surface area contributed by atoms with Crippen LogP contribution < -0.4 is 5.32 Å². The van der Waals surface area contributed by atoms with E-state index in [1.54, 1.807) is 0 Å². The van der Waals surface area contributed by atoms with Gasteiger partial charge < -0.3 is 10.4 Å². The number of hydrogen-bond donors (Lipinski definition) is 2. The van der Waals surface area contributed by atoms with E-state index in [9.17, 15) is 9.90 Å². The molecule has 2 aliphatic carbocycles. The number of rotatable bonds is 5. The fourth-order valence-corrected chi connectivity index (χ4v) is 4.73. The van der Waals surface area contributed by atoms with Crippen LogP contribution in [0.2, 0.25) is 0 Å². The predicted octanol–water partition coefficient (Wildman–Crippen LogP) is 5.64. The minimum absolute atomic E-state index is 0.468. The Morgan fingerprint density at radius 1 is 1.30 bits per heavy atom. The summed E-state index contributed by atoms with van der Waals surface area (Å²) in [5, 5.41) is 12.9. The van der Waals surface area contributed by atoms with Crippen molar-refractivity contribution in [1.82, 2.24) is 0 Å². The summed E-state index contributed by atoms with van der Waals surface area (Å²) in [7, 11) is 0. The van der Waals surface area contributed by atoms with E-state index in [1.807, 2.05) is 0 Å². The summed E-state index contributed by atoms with van der Waals surface area (Å²) in [5.74, 6) is 0.731. The van der Waals surface area contributed by atoms with Gasteiger partial charge in [-0.3, -0.25) is 0 Å². The highest BCUT2D eigenvalue weighted by Crippen LogP contribution is 2.37. The van der Waals surface area contributed by atoms with Crippen molar-refractivity contribution in [3.63, 3.8) is 0 Å². The molecule has 1 aromatic heterocycles. The minimum atomic E-state index is -0.808. The van der Waals surface area contributed by atoms with Crippen LogP contribution in [0.25, 0.3) is 5.57 Å². The van der Waals surface area contributed by atoms with Crippen molar-refractivity contribution in [3.8, 4) is 0 Å². The SMILES string of the molecule is CC1CCC(CNc2cc(C3=CCCCC3)sc2C(=O)O)CC1. The van der Waals surface area contributed by atoms with Gasteiger partial charge in [-0.2, -0.15) is 0 Å². The number of hydrogen-bond acceptors (Lipinski definition) is 3. The van der Waals surface area contributed by atoms with Crippen molar-refractivity contribution in [1.29, 1.82) is 0 Å². The maximum Gasteiger partial charge on any atom is 0.348 e. The molecule has 1 heterocycles. The van der Waals surface area contributed by atoms with Crippen molar-refractivity contribution < 1.29 is 9.90 Å². The van der Waals surface area contributed by atoms with Gasteiger partial charge in [0.15, 0.2) is 0 Å². The molecule has 0 saturated heterocycles. The van der Waals surface area contributed by atoms with Crippen LogP contribution in [0.5, 0.6) is 0 Å². The van der Waals surface area contributed by atoms with E-state index < -0.39 is 5.97 Å². The zero-order valence-electron chi connectivity index (χ0n) is 13.9. The third-order valence-corrected chi connectivity index (χ3v) is 6.45. The van der Waals surface area contributed by atoms with E-state index in [1.165, 1.54) is 55.4 Å². The molecule has 2 aliphatic rings. The summed E-state index contributed by atoms with van der Waals surface area (Å²) in [6.45, 7) is 3.23. The largest absolute Gasteiger partial charge is 0.477 e. The Morgan fingerprint density at radius 2 is 2.09 bits per heavy atom. The maximum atomic E-state index is 11.6. The van der Waals surface area contributed by atoms with Gasteiger partial charge >= 0.3 is 5.97 Å². The molecule has 0 amide bonds. The number of thiophene rings is 1. The molecule has 0 spiro atoms. The predicted molar refractivity (Wildman–Crippen MR) is 97.3 cm³/mol. The Labute approximate surface area is 142 Å². The fraction of sp³-hybridized carbons (Fsp3) is 0.632. The molecule has 126 valence electrons. The minimum Gasteiger partial charge on any atom is -0.477 e. The Kier molecular flexibility index (Phi) is 5.42. The molecular weight excluding hydrogens is 306 g/mol. The summed E-state index contributed by atoms with van der Waals surface area (Å²) < 4.78 is 0. The van der Waals surface area contributed by atoms with Crippen LogP contribution in [0.15, 0.2) is 12.1 Å². The maximum absolute atomic E-state index is 11.6. The van der Waals surface area contributed by atoms with Crippen LogP contribution in [0.4, 0.5) is 5.69 Å². The zero-order valence-corrected chi connectivity index (χ0v) is 14.8. The lowest BCUT2D eigenvalue weighted by molar-refractivity contribution is 0.0703. The molecule has 0 bridgehead atoms. The van der Waals surface area contributed by atoms with E-state index in [0.29, 0.717) is 10.8 Å². The third-order valence-electron chi connectivity index (χ3n) is 5.25. The van der Waals surface area contributed by atoms with E-state index in [0.717, 1.165) is 35.9 Å². The molecule has 0 unspecified atom stereocenters. The lowest BCUT2D eigenvalue weighted by atomic mass is 9.83. The molecule has 0 aromatic carbocycles. The number of carboxylic acid groups (broad SMARTS) is 1. The van der Waals surface area contributed by atoms with Gasteiger partial charge in [-0.25, -0.2) is 4.79 Å². The van der Waals surface area contributed by atoms with Crippen molar-refractivity contribution in [2.45, 2.75) is 58.3 Å². The summed E-state index contributed by atoms with van der Waals surface area (Å²) in [6.07, 6.45) is 12.1. The van der Waals surface area contributed by atoms with Gasteiger partial charge in [0.25, 0.3) is 0 Å². The van der Waals surface area contributed by atoms with Gasteiger partial charge in [0.1, 0.15) is 4.88 Å². The van der Waals surface area contributed by atoms with Crippen molar-refractivity contribution in [2.75, 3.05) is 11.9 Å². The van der Waals surface area contributed by atoms with Crippen molar-refractivity contribution in [2.24, 2.45) is 11.8 Å². The zero-order chi connectivity index (χ0) is 16.2. The van der Waals surface area contributed by atoms with Crippen LogP contribution in [0, 0.1) is 11.8 Å². The Balaban J connectivity index is 1.69. The molecule has 0 aliphatic heterocycles. The quantitative estimate of drug-likeness (QED) is 0.733. The van der Waals surface area contributed by atoms with E-state index in [-0.39, 0.29) is 0 Å². The molecule has 2 N–H and O–H groups in total. The standard InChI is InChI=1S/C19H27NO2S/c1-13-7-9-14(10-8-13)12-20-16-11-17(23-18(16)19(21)22)15-5-3-2-4-6-15/h5,11,13-14,20H,2-4,6-10,12H2,1H3,(H,21,22). The number of nitrogens with one attached hydrogen (secondary N) is 1. The molecule has 0 radical (unpaired) electrons. The molecular formula is C19H27NO2S. The Bertz CT molecular complexity index is 582. The van der Waals surface area contributed by atoms with Crippen LogP contribution in [0.3, 0.4) is 0 Å². The molecule has 3 rings (SSSR count).